The van der Waals surface area contributed by atoms with Gasteiger partial charge in [-0.1, -0.05) is 188 Å². The van der Waals surface area contributed by atoms with E-state index < -0.39 is 8.07 Å². The molecule has 4 heteroatoms. The molecule has 11 aromatic rings. The van der Waals surface area contributed by atoms with Gasteiger partial charge in [-0.05, 0) is 96.6 Å². The minimum absolute atomic E-state index is 0.703. The first-order valence-electron chi connectivity index (χ1n) is 21.1. The third-order valence-corrected chi connectivity index (χ3v) is 18.6. The number of benzene rings is 9. The molecule has 0 N–H and O–H groups in total. The van der Waals surface area contributed by atoms with Gasteiger partial charge in [0.2, 0.25) is 0 Å². The summed E-state index contributed by atoms with van der Waals surface area (Å²) >= 11 is 1.85. The van der Waals surface area contributed by atoms with E-state index in [2.05, 4.69) is 224 Å². The van der Waals surface area contributed by atoms with E-state index in [1.807, 2.05) is 17.4 Å². The predicted octanol–water partition coefficient (Wildman–Crippen LogP) is 12.5. The molecule has 0 saturated heterocycles. The van der Waals surface area contributed by atoms with Crippen LogP contribution in [-0.2, 0) is 0 Å². The molecule has 2 aromatic heterocycles. The van der Waals surface area contributed by atoms with E-state index in [9.17, 15) is 0 Å². The van der Waals surface area contributed by atoms with Crippen molar-refractivity contribution >= 4 is 60.3 Å². The van der Waals surface area contributed by atoms with E-state index in [1.165, 1.54) is 57.6 Å². The van der Waals surface area contributed by atoms with E-state index in [4.69, 9.17) is 9.97 Å². The van der Waals surface area contributed by atoms with Gasteiger partial charge in [-0.2, -0.15) is 0 Å². The van der Waals surface area contributed by atoms with Gasteiger partial charge in [-0.25, -0.2) is 9.97 Å². The Hall–Kier alpha value is -7.50. The van der Waals surface area contributed by atoms with Crippen molar-refractivity contribution in [3.05, 3.63) is 231 Å². The van der Waals surface area contributed by atoms with E-state index in [0.717, 1.165) is 44.8 Å². The Morgan fingerprint density at radius 2 is 0.839 bits per heavy atom. The van der Waals surface area contributed by atoms with Crippen molar-refractivity contribution in [1.82, 2.24) is 9.97 Å². The van der Waals surface area contributed by atoms with Gasteiger partial charge >= 0.3 is 0 Å². The van der Waals surface area contributed by atoms with Gasteiger partial charge in [-0.3, -0.25) is 0 Å². The maximum Gasteiger partial charge on any atom is 0.180 e. The molecule has 1 aliphatic heterocycles. The second-order valence-electron chi connectivity index (χ2n) is 16.1. The fourth-order valence-corrected chi connectivity index (χ4v) is 16.0. The largest absolute Gasteiger partial charge is 0.228 e. The van der Waals surface area contributed by atoms with Crippen LogP contribution >= 0.6 is 11.3 Å². The molecular weight excluding hydrogens is 785 g/mol. The molecule has 2 nitrogen and oxygen atoms in total. The molecule has 0 fully saturated rings. The number of thiophene rings is 1. The minimum atomic E-state index is -2.71. The summed E-state index contributed by atoms with van der Waals surface area (Å²) < 4.78 is 2.61. The highest BCUT2D eigenvalue weighted by Crippen LogP contribution is 2.40. The lowest BCUT2D eigenvalue weighted by atomic mass is 9.94. The Morgan fingerprint density at radius 3 is 1.56 bits per heavy atom. The highest BCUT2D eigenvalue weighted by atomic mass is 32.1. The average Bonchev–Trinajstić information content (AvgIpc) is 3.88. The number of rotatable bonds is 7. The summed E-state index contributed by atoms with van der Waals surface area (Å²) in [6.45, 7) is 0. The first-order valence-corrected chi connectivity index (χ1v) is 24.0. The zero-order chi connectivity index (χ0) is 41.0. The molecular formula is C58H38N2SSi. The summed E-state index contributed by atoms with van der Waals surface area (Å²) in [7, 11) is -2.71. The molecule has 0 amide bonds. The second kappa shape index (κ2) is 14.9. The molecule has 3 heterocycles. The lowest BCUT2D eigenvalue weighted by Gasteiger charge is -2.31. The number of nitrogens with zero attached hydrogens (tertiary/aromatic N) is 2. The quantitative estimate of drug-likeness (QED) is 0.150. The smallest absolute Gasteiger partial charge is 0.180 e. The van der Waals surface area contributed by atoms with Crippen molar-refractivity contribution in [1.29, 1.82) is 0 Å². The number of hydrogen-bond acceptors (Lipinski definition) is 3. The van der Waals surface area contributed by atoms with Gasteiger partial charge < -0.3 is 0 Å². The molecule has 1 aliphatic rings. The summed E-state index contributed by atoms with van der Waals surface area (Å²) in [6, 6.07) is 84.3. The van der Waals surface area contributed by atoms with Gasteiger partial charge in [-0.15, -0.1) is 11.3 Å². The zero-order valence-electron chi connectivity index (χ0n) is 33.7. The Labute approximate surface area is 366 Å². The normalized spacial score (nSPS) is 12.6. The van der Waals surface area contributed by atoms with Crippen molar-refractivity contribution in [2.75, 3.05) is 0 Å². The molecule has 12 rings (SSSR count). The number of fused-ring (bicyclic) bond motifs is 6. The molecule has 0 spiro atoms. The van der Waals surface area contributed by atoms with Crippen LogP contribution in [0.2, 0.25) is 0 Å². The van der Waals surface area contributed by atoms with Crippen LogP contribution in [0.1, 0.15) is 0 Å². The number of hydrogen-bond donors (Lipinski definition) is 0. The highest BCUT2D eigenvalue weighted by molar-refractivity contribution is 7.25. The van der Waals surface area contributed by atoms with Gasteiger partial charge in [0, 0.05) is 36.9 Å². The summed E-state index contributed by atoms with van der Waals surface area (Å²) in [4.78, 5) is 10.8. The molecule has 0 saturated carbocycles. The molecule has 0 aliphatic carbocycles. The Bertz CT molecular complexity index is 3420. The van der Waals surface area contributed by atoms with Crippen molar-refractivity contribution in [2.24, 2.45) is 0 Å². The summed E-state index contributed by atoms with van der Waals surface area (Å²) in [5, 5.41) is 8.15. The monoisotopic (exact) mass is 822 g/mol. The second-order valence-corrected chi connectivity index (χ2v) is 20.9. The van der Waals surface area contributed by atoms with Crippen LogP contribution in [0.15, 0.2) is 231 Å². The average molecular weight is 823 g/mol. The Morgan fingerprint density at radius 1 is 0.306 bits per heavy atom. The summed E-state index contributed by atoms with van der Waals surface area (Å²) in [5.74, 6) is 0.703. The van der Waals surface area contributed by atoms with Crippen molar-refractivity contribution < 1.29 is 0 Å². The first kappa shape index (κ1) is 36.4. The van der Waals surface area contributed by atoms with Crippen LogP contribution in [0.3, 0.4) is 0 Å². The van der Waals surface area contributed by atoms with Gasteiger partial charge in [0.1, 0.15) is 0 Å². The third kappa shape index (κ3) is 5.99. The summed E-state index contributed by atoms with van der Waals surface area (Å²) in [5.41, 5.74) is 12.1. The van der Waals surface area contributed by atoms with E-state index >= 15 is 0 Å². The van der Waals surface area contributed by atoms with E-state index in [0.29, 0.717) is 5.82 Å². The van der Waals surface area contributed by atoms with E-state index in [1.54, 1.807) is 0 Å². The minimum Gasteiger partial charge on any atom is -0.228 e. The molecule has 62 heavy (non-hydrogen) atoms. The predicted molar refractivity (Wildman–Crippen MR) is 265 cm³/mol. The van der Waals surface area contributed by atoms with Crippen LogP contribution < -0.4 is 20.7 Å². The zero-order valence-corrected chi connectivity index (χ0v) is 35.6. The van der Waals surface area contributed by atoms with Gasteiger partial charge in [0.15, 0.2) is 13.9 Å². The third-order valence-electron chi connectivity index (χ3n) is 12.6. The van der Waals surface area contributed by atoms with Crippen LogP contribution in [0.5, 0.6) is 0 Å². The molecule has 0 atom stereocenters. The van der Waals surface area contributed by atoms with Crippen LogP contribution in [0.4, 0.5) is 0 Å². The fraction of sp³-hybridized carbons (Fsp3) is 0. The SMILES string of the molecule is c1ccc(-c2cc(-c3ccc4sc5ccccc5c4c3)cc(-c3cc(-c4ccc5c(c4)[Si](c4ccccc4)(c4ccccc4)c4ccccc4-5)nc(-c4ccccc4)n3)c2)cc1. The topological polar surface area (TPSA) is 25.8 Å². The van der Waals surface area contributed by atoms with Crippen molar-refractivity contribution in [2.45, 2.75) is 0 Å². The molecule has 9 aromatic carbocycles. The fourth-order valence-electron chi connectivity index (χ4n) is 9.71. The molecule has 0 radical (unpaired) electrons. The van der Waals surface area contributed by atoms with Crippen LogP contribution in [0.25, 0.3) is 87.5 Å². The molecule has 0 unspecified atom stereocenters. The van der Waals surface area contributed by atoms with E-state index in [-0.39, 0.29) is 0 Å². The lowest BCUT2D eigenvalue weighted by molar-refractivity contribution is 1.18. The molecule has 0 bridgehead atoms. The van der Waals surface area contributed by atoms with Gasteiger partial charge in [0.25, 0.3) is 0 Å². The maximum atomic E-state index is 5.39. The van der Waals surface area contributed by atoms with Crippen LogP contribution in [-0.4, -0.2) is 18.0 Å². The Kier molecular flexibility index (Phi) is 8.73. The van der Waals surface area contributed by atoms with Crippen molar-refractivity contribution in [3.8, 4) is 67.3 Å². The highest BCUT2D eigenvalue weighted by Gasteiger charge is 2.48. The standard InChI is InChI=1S/C58H38N2SSi/c1-5-17-39(18-6-1)43-33-44(41-30-32-55-51(36-41)48-25-13-15-27-54(48)61-55)35-45(34-43)53-38-52(59-58(60-53)40-19-7-2-8-20-40)42-29-31-50-49-26-14-16-28-56(49)62(57(50)37-42,46-21-9-3-10-22-46)47-23-11-4-12-24-47/h1-38H. The molecule has 290 valence electrons. The summed E-state index contributed by atoms with van der Waals surface area (Å²) in [6.07, 6.45) is 0. The lowest BCUT2D eigenvalue weighted by Crippen LogP contribution is -2.72. The number of aromatic nitrogens is 2. The van der Waals surface area contributed by atoms with Crippen molar-refractivity contribution in [3.63, 3.8) is 0 Å². The van der Waals surface area contributed by atoms with Gasteiger partial charge in [0.05, 0.1) is 11.4 Å². The van der Waals surface area contributed by atoms with Crippen LogP contribution in [0, 0.1) is 0 Å². The first-order chi connectivity index (χ1) is 30.7. The maximum absolute atomic E-state index is 5.39. The Balaban J connectivity index is 1.08.